The fourth-order valence-corrected chi connectivity index (χ4v) is 1.35. The summed E-state index contributed by atoms with van der Waals surface area (Å²) in [4.78, 5) is 42.0. The lowest BCUT2D eigenvalue weighted by Crippen LogP contribution is -2.07. The number of Topliss-reactive ketones (excluding diaryl/α,β-unsaturated/α-hetero) is 1. The smallest absolute Gasteiger partial charge is 0.306 e. The zero-order valence-corrected chi connectivity index (χ0v) is 14.5. The maximum atomic E-state index is 10.7. The first-order valence-corrected chi connectivity index (χ1v) is 7.94. The highest BCUT2D eigenvalue weighted by atomic mass is 79.9. The van der Waals surface area contributed by atoms with Crippen LogP contribution in [0.1, 0.15) is 47.0 Å². The highest BCUT2D eigenvalue weighted by Crippen LogP contribution is 1.97. The van der Waals surface area contributed by atoms with Gasteiger partial charge in [0, 0.05) is 12.8 Å². The molecule has 0 spiro atoms. The first-order valence-electron chi connectivity index (χ1n) is 6.44. The fraction of sp³-hybridized carbons (Fsp3) is 0.714. The molecule has 0 bridgehead atoms. The molecule has 0 aromatic rings. The number of rotatable bonds is 9. The maximum absolute atomic E-state index is 10.7. The Morgan fingerprint density at radius 1 is 0.864 bits per heavy atom. The molecule has 0 aliphatic rings. The van der Waals surface area contributed by atoms with Gasteiger partial charge in [-0.05, 0) is 25.4 Å². The van der Waals surface area contributed by atoms with Crippen LogP contribution in [0.15, 0.2) is 0 Å². The highest BCUT2D eigenvalue weighted by Gasteiger charge is 2.05. The molecule has 0 aromatic carbocycles. The molecule has 0 saturated carbocycles. The quantitative estimate of drug-likeness (QED) is 0.334. The van der Waals surface area contributed by atoms with E-state index in [-0.39, 0.29) is 50.8 Å². The Morgan fingerprint density at radius 2 is 1.27 bits per heavy atom. The normalized spacial score (nSPS) is 8.73. The van der Waals surface area contributed by atoms with Gasteiger partial charge in [0.05, 0.1) is 31.4 Å². The predicted molar refractivity (Wildman–Crippen MR) is 88.1 cm³/mol. The zero-order valence-electron chi connectivity index (χ0n) is 12.2. The van der Waals surface area contributed by atoms with E-state index in [2.05, 4.69) is 25.4 Å². The summed E-state index contributed by atoms with van der Waals surface area (Å²) in [5, 5.41) is -0.195. The Kier molecular flexibility index (Phi) is 21.4. The van der Waals surface area contributed by atoms with E-state index < -0.39 is 5.24 Å². The number of alkyl halides is 1. The van der Waals surface area contributed by atoms with Crippen molar-refractivity contribution >= 4 is 50.5 Å². The molecular weight excluding hydrogens is 380 g/mol. The van der Waals surface area contributed by atoms with Crippen LogP contribution in [-0.2, 0) is 28.7 Å². The molecular formula is C14H24BrClO6. The molecule has 0 aliphatic carbocycles. The fourth-order valence-electron chi connectivity index (χ4n) is 0.975. The third-order valence-corrected chi connectivity index (χ3v) is 2.71. The van der Waals surface area contributed by atoms with Crippen LogP contribution >= 0.6 is 27.5 Å². The maximum Gasteiger partial charge on any atom is 0.306 e. The number of hydrogen-bond acceptors (Lipinski definition) is 6. The molecule has 0 aliphatic heterocycles. The minimum Gasteiger partial charge on any atom is -0.466 e. The van der Waals surface area contributed by atoms with Crippen LogP contribution in [-0.4, -0.2) is 41.5 Å². The molecule has 0 aromatic heterocycles. The first-order chi connectivity index (χ1) is 9.87. The van der Waals surface area contributed by atoms with Gasteiger partial charge >= 0.3 is 11.9 Å². The highest BCUT2D eigenvalue weighted by molar-refractivity contribution is 9.09. The molecule has 0 fully saturated rings. The average Bonchev–Trinajstić information content (AvgIpc) is 2.44. The number of halogens is 2. The third kappa shape index (κ3) is 21.4. The van der Waals surface area contributed by atoms with Gasteiger partial charge < -0.3 is 9.47 Å². The van der Waals surface area contributed by atoms with E-state index in [0.717, 1.165) is 0 Å². The zero-order chi connectivity index (χ0) is 16.7. The standard InChI is InChI=1S/C7H11BrO3.C6H9ClO3.CH4/c1-2-11-7(10)4-3-6(9)5-8;1-2-10-6(9)4-3-5(7)8;/h2-5H2,1H3;2-4H2,1H3;1H4. The summed E-state index contributed by atoms with van der Waals surface area (Å²) in [5.74, 6) is -0.656. The minimum absolute atomic E-state index is 0. The van der Waals surface area contributed by atoms with Crippen molar-refractivity contribution in [2.75, 3.05) is 18.5 Å². The number of carbonyl (C=O) groups excluding carboxylic acids is 4. The summed E-state index contributed by atoms with van der Waals surface area (Å²) in [7, 11) is 0. The van der Waals surface area contributed by atoms with Crippen LogP contribution < -0.4 is 0 Å². The molecule has 0 atom stereocenters. The first kappa shape index (κ1) is 26.0. The van der Waals surface area contributed by atoms with Crippen molar-refractivity contribution in [1.29, 1.82) is 0 Å². The molecule has 0 saturated heterocycles. The molecule has 0 unspecified atom stereocenters. The Labute approximate surface area is 145 Å². The van der Waals surface area contributed by atoms with Gasteiger partial charge in [-0.1, -0.05) is 23.4 Å². The summed E-state index contributed by atoms with van der Waals surface area (Å²) in [6.07, 6.45) is 0.596. The van der Waals surface area contributed by atoms with Crippen molar-refractivity contribution in [3.05, 3.63) is 0 Å². The Bertz CT molecular complexity index is 346. The van der Waals surface area contributed by atoms with Crippen molar-refractivity contribution in [2.24, 2.45) is 0 Å². The van der Waals surface area contributed by atoms with Crippen LogP contribution in [0, 0.1) is 0 Å². The number of ether oxygens (including phenoxy) is 2. The largest absolute Gasteiger partial charge is 0.466 e. The average molecular weight is 404 g/mol. The number of esters is 2. The van der Waals surface area contributed by atoms with Gasteiger partial charge in [-0.2, -0.15) is 0 Å². The molecule has 0 heterocycles. The van der Waals surface area contributed by atoms with E-state index >= 15 is 0 Å². The number of carbonyl (C=O) groups is 4. The van der Waals surface area contributed by atoms with Gasteiger partial charge in [-0.15, -0.1) is 0 Å². The topological polar surface area (TPSA) is 86.7 Å². The lowest BCUT2D eigenvalue weighted by Gasteiger charge is -1.98. The van der Waals surface area contributed by atoms with E-state index in [4.69, 9.17) is 11.6 Å². The lowest BCUT2D eigenvalue weighted by molar-refractivity contribution is -0.144. The molecule has 0 N–H and O–H groups in total. The summed E-state index contributed by atoms with van der Waals surface area (Å²) < 4.78 is 9.17. The molecule has 8 heteroatoms. The summed E-state index contributed by atoms with van der Waals surface area (Å²) >= 11 is 7.98. The molecule has 0 radical (unpaired) electrons. The van der Waals surface area contributed by atoms with Gasteiger partial charge in [0.2, 0.25) is 5.24 Å². The van der Waals surface area contributed by atoms with E-state index in [0.29, 0.717) is 18.5 Å². The Morgan fingerprint density at radius 3 is 1.59 bits per heavy atom. The van der Waals surface area contributed by atoms with Crippen LogP contribution in [0.3, 0.4) is 0 Å². The molecule has 22 heavy (non-hydrogen) atoms. The monoisotopic (exact) mass is 402 g/mol. The molecule has 0 rings (SSSR count). The van der Waals surface area contributed by atoms with Crippen molar-refractivity contribution < 1.29 is 28.7 Å². The van der Waals surface area contributed by atoms with Gasteiger partial charge in [-0.3, -0.25) is 19.2 Å². The van der Waals surface area contributed by atoms with Crippen LogP contribution in [0.4, 0.5) is 0 Å². The summed E-state index contributed by atoms with van der Waals surface area (Å²) in [6.45, 7) is 4.17. The Hall–Kier alpha value is -0.950. The van der Waals surface area contributed by atoms with Crippen molar-refractivity contribution in [3.8, 4) is 0 Å². The van der Waals surface area contributed by atoms with E-state index in [1.54, 1.807) is 13.8 Å². The van der Waals surface area contributed by atoms with E-state index in [1.165, 1.54) is 0 Å². The Balaban J connectivity index is -0.000000315. The third-order valence-electron chi connectivity index (χ3n) is 1.89. The summed E-state index contributed by atoms with van der Waals surface area (Å²) in [5.41, 5.74) is 0. The predicted octanol–water partition coefficient (Wildman–Crippen LogP) is 3.02. The van der Waals surface area contributed by atoms with E-state index in [1.807, 2.05) is 0 Å². The van der Waals surface area contributed by atoms with Crippen LogP contribution in [0.5, 0.6) is 0 Å². The van der Waals surface area contributed by atoms with Crippen molar-refractivity contribution in [3.63, 3.8) is 0 Å². The second-order valence-electron chi connectivity index (χ2n) is 3.64. The minimum atomic E-state index is -0.506. The number of hydrogen-bond donors (Lipinski definition) is 0. The molecule has 130 valence electrons. The van der Waals surface area contributed by atoms with Gasteiger partial charge in [-0.25, -0.2) is 0 Å². The second kappa shape index (κ2) is 18.1. The lowest BCUT2D eigenvalue weighted by atomic mass is 10.2. The second-order valence-corrected chi connectivity index (χ2v) is 4.62. The van der Waals surface area contributed by atoms with E-state index in [9.17, 15) is 19.2 Å². The van der Waals surface area contributed by atoms with Crippen molar-refractivity contribution in [1.82, 2.24) is 0 Å². The molecule has 6 nitrogen and oxygen atoms in total. The van der Waals surface area contributed by atoms with Crippen LogP contribution in [0.25, 0.3) is 0 Å². The van der Waals surface area contributed by atoms with Gasteiger partial charge in [0.15, 0.2) is 0 Å². The van der Waals surface area contributed by atoms with Gasteiger partial charge in [0.1, 0.15) is 5.78 Å². The van der Waals surface area contributed by atoms with Crippen molar-refractivity contribution in [2.45, 2.75) is 47.0 Å². The van der Waals surface area contributed by atoms with Crippen LogP contribution in [0.2, 0.25) is 0 Å². The SMILES string of the molecule is C.CCOC(=O)CCC(=O)CBr.CCOC(=O)CCC(=O)Cl. The summed E-state index contributed by atoms with van der Waals surface area (Å²) in [6, 6.07) is 0. The number of ketones is 1. The molecule has 0 amide bonds. The van der Waals surface area contributed by atoms with Gasteiger partial charge in [0.25, 0.3) is 0 Å².